The summed E-state index contributed by atoms with van der Waals surface area (Å²) >= 11 is 0. The van der Waals surface area contributed by atoms with Crippen molar-refractivity contribution >= 4 is 28.8 Å². The van der Waals surface area contributed by atoms with E-state index in [0.29, 0.717) is 11.1 Å². The molecule has 1 aliphatic rings. The Morgan fingerprint density at radius 1 is 1.06 bits per heavy atom. The van der Waals surface area contributed by atoms with Gasteiger partial charge >= 0.3 is 5.69 Å². The van der Waals surface area contributed by atoms with Crippen LogP contribution in [0.5, 0.6) is 5.75 Å². The molecule has 3 aromatic carbocycles. The van der Waals surface area contributed by atoms with E-state index in [-0.39, 0.29) is 16.8 Å². The molecular formula is C25H17N3O6. The molecule has 0 bridgehead atoms. The van der Waals surface area contributed by atoms with Gasteiger partial charge in [0, 0.05) is 17.3 Å². The maximum atomic E-state index is 13.1. The van der Waals surface area contributed by atoms with Crippen LogP contribution < -0.4 is 4.90 Å². The molecule has 1 fully saturated rings. The number of ketones is 1. The van der Waals surface area contributed by atoms with Gasteiger partial charge in [-0.3, -0.25) is 24.6 Å². The Morgan fingerprint density at radius 3 is 2.29 bits per heavy atom. The lowest BCUT2D eigenvalue weighted by Crippen LogP contribution is -2.29. The van der Waals surface area contributed by atoms with E-state index in [1.165, 1.54) is 30.3 Å². The Bertz CT molecular complexity index is 1400. The van der Waals surface area contributed by atoms with Crippen molar-refractivity contribution in [2.24, 2.45) is 0 Å². The van der Waals surface area contributed by atoms with Gasteiger partial charge in [0.25, 0.3) is 11.7 Å². The predicted octanol–water partition coefficient (Wildman–Crippen LogP) is 4.11. The van der Waals surface area contributed by atoms with Crippen LogP contribution in [0.4, 0.5) is 11.4 Å². The summed E-state index contributed by atoms with van der Waals surface area (Å²) in [6.45, 7) is 1.85. The number of phenolic OH excluding ortho intramolecular Hbond substituents is 1. The van der Waals surface area contributed by atoms with Crippen LogP contribution in [0, 0.1) is 28.4 Å². The van der Waals surface area contributed by atoms with Crippen LogP contribution in [0.15, 0.2) is 72.3 Å². The van der Waals surface area contributed by atoms with E-state index in [0.717, 1.165) is 22.6 Å². The van der Waals surface area contributed by atoms with Crippen LogP contribution in [0.3, 0.4) is 0 Å². The summed E-state index contributed by atoms with van der Waals surface area (Å²) in [4.78, 5) is 38.0. The maximum Gasteiger partial charge on any atom is 0.311 e. The molecule has 0 spiro atoms. The second kappa shape index (κ2) is 8.52. The number of aromatic hydroxyl groups is 1. The molecule has 1 atom stereocenters. The number of hydrogen-bond acceptors (Lipinski definition) is 7. The summed E-state index contributed by atoms with van der Waals surface area (Å²) in [6.07, 6.45) is 0. The average molecular weight is 455 g/mol. The molecule has 1 amide bonds. The number of anilines is 1. The molecule has 3 aromatic rings. The van der Waals surface area contributed by atoms with Gasteiger partial charge < -0.3 is 10.2 Å². The zero-order valence-electron chi connectivity index (χ0n) is 17.8. The number of carbonyl (C=O) groups is 2. The third kappa shape index (κ3) is 3.73. The summed E-state index contributed by atoms with van der Waals surface area (Å²) in [7, 11) is 0. The molecule has 0 radical (unpaired) electrons. The Balaban J connectivity index is 1.97. The molecule has 168 valence electrons. The summed E-state index contributed by atoms with van der Waals surface area (Å²) in [5.41, 5.74) is 1.07. The third-order valence-electron chi connectivity index (χ3n) is 5.56. The number of benzene rings is 3. The zero-order valence-corrected chi connectivity index (χ0v) is 17.8. The zero-order chi connectivity index (χ0) is 24.6. The summed E-state index contributed by atoms with van der Waals surface area (Å²) in [5.74, 6) is -2.93. The highest BCUT2D eigenvalue weighted by molar-refractivity contribution is 6.51. The average Bonchev–Trinajstić information content (AvgIpc) is 3.09. The minimum Gasteiger partial charge on any atom is -0.507 e. The first-order valence-electron chi connectivity index (χ1n) is 10.1. The largest absolute Gasteiger partial charge is 0.507 e. The SMILES string of the molecule is Cc1ccc(/C(O)=C2/C(=O)C(=O)N(c3ccc(C#N)cc3)C2c2ccc(O)c([N+](=O)[O-])c2)cc1. The number of hydrogen-bond donors (Lipinski definition) is 2. The quantitative estimate of drug-likeness (QED) is 0.198. The minimum absolute atomic E-state index is 0.140. The number of nitrogens with zero attached hydrogens (tertiary/aromatic N) is 3. The molecule has 1 heterocycles. The van der Waals surface area contributed by atoms with E-state index < -0.39 is 39.9 Å². The molecule has 1 aliphatic heterocycles. The van der Waals surface area contributed by atoms with E-state index in [1.54, 1.807) is 24.3 Å². The molecule has 9 heteroatoms. The fourth-order valence-electron chi connectivity index (χ4n) is 3.83. The van der Waals surface area contributed by atoms with Crippen LogP contribution in [-0.2, 0) is 9.59 Å². The summed E-state index contributed by atoms with van der Waals surface area (Å²) in [5, 5.41) is 41.4. The monoisotopic (exact) mass is 455 g/mol. The Hall–Kier alpha value is -4.97. The number of aryl methyl sites for hydroxylation is 1. The van der Waals surface area contributed by atoms with Crippen molar-refractivity contribution in [3.8, 4) is 11.8 Å². The number of aliphatic hydroxyl groups is 1. The smallest absolute Gasteiger partial charge is 0.311 e. The number of rotatable bonds is 4. The molecule has 34 heavy (non-hydrogen) atoms. The summed E-state index contributed by atoms with van der Waals surface area (Å²) < 4.78 is 0. The van der Waals surface area contributed by atoms with Gasteiger partial charge in [0.15, 0.2) is 5.75 Å². The number of amides is 1. The number of aliphatic hydroxyl groups excluding tert-OH is 1. The Morgan fingerprint density at radius 2 is 1.71 bits per heavy atom. The second-order valence-electron chi connectivity index (χ2n) is 7.70. The number of nitro benzene ring substituents is 1. The number of Topliss-reactive ketones (excluding diaryl/α,β-unsaturated/α-hetero) is 1. The minimum atomic E-state index is -1.21. The molecule has 0 aliphatic carbocycles. The van der Waals surface area contributed by atoms with Crippen molar-refractivity contribution in [1.82, 2.24) is 0 Å². The highest BCUT2D eigenvalue weighted by atomic mass is 16.6. The normalized spacial score (nSPS) is 16.9. The van der Waals surface area contributed by atoms with Crippen LogP contribution in [0.2, 0.25) is 0 Å². The van der Waals surface area contributed by atoms with Crippen molar-refractivity contribution < 1.29 is 24.7 Å². The van der Waals surface area contributed by atoms with Crippen molar-refractivity contribution in [2.45, 2.75) is 13.0 Å². The first kappa shape index (κ1) is 22.2. The third-order valence-corrected chi connectivity index (χ3v) is 5.56. The topological polar surface area (TPSA) is 145 Å². The van der Waals surface area contributed by atoms with E-state index >= 15 is 0 Å². The molecule has 2 N–H and O–H groups in total. The predicted molar refractivity (Wildman–Crippen MR) is 122 cm³/mol. The lowest BCUT2D eigenvalue weighted by molar-refractivity contribution is -0.385. The first-order chi connectivity index (χ1) is 16.2. The maximum absolute atomic E-state index is 13.1. The molecule has 1 saturated heterocycles. The lowest BCUT2D eigenvalue weighted by atomic mass is 9.94. The lowest BCUT2D eigenvalue weighted by Gasteiger charge is -2.25. The van der Waals surface area contributed by atoms with Crippen LogP contribution in [0.25, 0.3) is 5.76 Å². The first-order valence-corrected chi connectivity index (χ1v) is 10.1. The van der Waals surface area contributed by atoms with Crippen LogP contribution in [0.1, 0.15) is 28.3 Å². The fourth-order valence-corrected chi connectivity index (χ4v) is 3.83. The molecule has 1 unspecified atom stereocenters. The van der Waals surface area contributed by atoms with Crippen LogP contribution in [-0.4, -0.2) is 26.8 Å². The van der Waals surface area contributed by atoms with Gasteiger partial charge in [0.1, 0.15) is 5.76 Å². The number of nitro groups is 1. The second-order valence-corrected chi connectivity index (χ2v) is 7.70. The molecular weight excluding hydrogens is 438 g/mol. The number of nitriles is 1. The van der Waals surface area contributed by atoms with E-state index in [1.807, 2.05) is 13.0 Å². The Labute approximate surface area is 193 Å². The molecule has 0 aromatic heterocycles. The number of phenols is 1. The van der Waals surface area contributed by atoms with Gasteiger partial charge in [0.05, 0.1) is 28.2 Å². The standard InChI is InChI=1S/C25H17N3O6/c1-14-2-6-16(7-3-14)23(30)21-22(17-8-11-20(29)19(12-17)28(33)34)27(25(32)24(21)31)18-9-4-15(13-26)5-10-18/h2-12,22,29-30H,1H3/b23-21-. The molecule has 4 rings (SSSR count). The van der Waals surface area contributed by atoms with Crippen molar-refractivity contribution in [1.29, 1.82) is 5.26 Å². The molecule has 9 nitrogen and oxygen atoms in total. The highest BCUT2D eigenvalue weighted by Gasteiger charge is 2.47. The van der Waals surface area contributed by atoms with Gasteiger partial charge in [-0.25, -0.2) is 0 Å². The van der Waals surface area contributed by atoms with Crippen molar-refractivity contribution in [3.05, 3.63) is 105 Å². The highest BCUT2D eigenvalue weighted by Crippen LogP contribution is 2.43. The van der Waals surface area contributed by atoms with Gasteiger partial charge in [-0.1, -0.05) is 35.9 Å². The van der Waals surface area contributed by atoms with Gasteiger partial charge in [0.2, 0.25) is 0 Å². The number of carbonyl (C=O) groups excluding carboxylic acids is 2. The van der Waals surface area contributed by atoms with Gasteiger partial charge in [-0.15, -0.1) is 0 Å². The van der Waals surface area contributed by atoms with E-state index in [2.05, 4.69) is 0 Å². The van der Waals surface area contributed by atoms with E-state index in [4.69, 9.17) is 5.26 Å². The van der Waals surface area contributed by atoms with E-state index in [9.17, 15) is 29.9 Å². The van der Waals surface area contributed by atoms with Crippen molar-refractivity contribution in [2.75, 3.05) is 4.90 Å². The van der Waals surface area contributed by atoms with Crippen LogP contribution >= 0.6 is 0 Å². The van der Waals surface area contributed by atoms with Gasteiger partial charge in [-0.2, -0.15) is 5.26 Å². The summed E-state index contributed by atoms with van der Waals surface area (Å²) in [6, 6.07) is 16.8. The fraction of sp³-hybridized carbons (Fsp3) is 0.0800. The Kier molecular flexibility index (Phi) is 5.57. The molecule has 0 saturated carbocycles. The van der Waals surface area contributed by atoms with Crippen molar-refractivity contribution in [3.63, 3.8) is 0 Å². The van der Waals surface area contributed by atoms with Gasteiger partial charge in [-0.05, 0) is 42.8 Å².